The molecule has 2 rings (SSSR count). The zero-order valence-corrected chi connectivity index (χ0v) is 20.6. The molecule has 29 heavy (non-hydrogen) atoms. The standard InChI is InChI=1S/C22H26BrIN2O3/c1-15(2)12-25-22(28)16(3)26(13-17-5-4-6-18(23)11-17)21(27)14-29-20-9-7-19(24)8-10-20/h4-11,15-16H,12-14H2,1-3H3,(H,25,28). The van der Waals surface area contributed by atoms with E-state index in [-0.39, 0.29) is 18.4 Å². The third-order valence-corrected chi connectivity index (χ3v) is 5.48. The van der Waals surface area contributed by atoms with E-state index >= 15 is 0 Å². The summed E-state index contributed by atoms with van der Waals surface area (Å²) in [6, 6.07) is 14.6. The predicted molar refractivity (Wildman–Crippen MR) is 127 cm³/mol. The van der Waals surface area contributed by atoms with E-state index in [1.54, 1.807) is 11.8 Å². The van der Waals surface area contributed by atoms with Crippen LogP contribution in [0.4, 0.5) is 0 Å². The average molecular weight is 573 g/mol. The Morgan fingerprint density at radius 1 is 1.14 bits per heavy atom. The molecule has 0 aliphatic heterocycles. The maximum absolute atomic E-state index is 13.0. The fraction of sp³-hybridized carbons (Fsp3) is 0.364. The van der Waals surface area contributed by atoms with Gasteiger partial charge in [-0.25, -0.2) is 0 Å². The van der Waals surface area contributed by atoms with E-state index in [4.69, 9.17) is 4.74 Å². The monoisotopic (exact) mass is 572 g/mol. The summed E-state index contributed by atoms with van der Waals surface area (Å²) in [4.78, 5) is 27.1. The van der Waals surface area contributed by atoms with Crippen molar-refractivity contribution in [2.75, 3.05) is 13.2 Å². The second kappa shape index (κ2) is 11.5. The number of nitrogens with one attached hydrogen (secondary N) is 1. The number of carbonyl (C=O) groups is 2. The van der Waals surface area contributed by atoms with Crippen LogP contribution < -0.4 is 10.1 Å². The highest BCUT2D eigenvalue weighted by Crippen LogP contribution is 2.17. The van der Waals surface area contributed by atoms with E-state index in [9.17, 15) is 9.59 Å². The van der Waals surface area contributed by atoms with Gasteiger partial charge in [0.25, 0.3) is 5.91 Å². The van der Waals surface area contributed by atoms with Crippen molar-refractivity contribution in [3.05, 3.63) is 62.1 Å². The minimum absolute atomic E-state index is 0.129. The largest absolute Gasteiger partial charge is 0.484 e. The predicted octanol–water partition coefficient (Wildman–Crippen LogP) is 4.62. The molecule has 5 nitrogen and oxygen atoms in total. The first-order chi connectivity index (χ1) is 13.8. The highest BCUT2D eigenvalue weighted by Gasteiger charge is 2.26. The first-order valence-electron chi connectivity index (χ1n) is 9.46. The second-order valence-corrected chi connectivity index (χ2v) is 9.37. The Hall–Kier alpha value is -1.61. The fourth-order valence-corrected chi connectivity index (χ4v) is 3.43. The molecule has 0 saturated carbocycles. The topological polar surface area (TPSA) is 58.6 Å². The quantitative estimate of drug-likeness (QED) is 0.446. The number of nitrogens with zero attached hydrogens (tertiary/aromatic N) is 1. The van der Waals surface area contributed by atoms with Crippen LogP contribution in [0.3, 0.4) is 0 Å². The minimum atomic E-state index is -0.611. The summed E-state index contributed by atoms with van der Waals surface area (Å²) in [7, 11) is 0. The van der Waals surface area contributed by atoms with Crippen LogP contribution in [0.2, 0.25) is 0 Å². The molecule has 0 heterocycles. The van der Waals surface area contributed by atoms with Crippen molar-refractivity contribution in [3.63, 3.8) is 0 Å². The number of hydrogen-bond donors (Lipinski definition) is 1. The normalized spacial score (nSPS) is 11.8. The lowest BCUT2D eigenvalue weighted by molar-refractivity contribution is -0.142. The SMILES string of the molecule is CC(C)CNC(=O)C(C)N(Cc1cccc(Br)c1)C(=O)COc1ccc(I)cc1. The number of halogens is 2. The lowest BCUT2D eigenvalue weighted by atomic mass is 10.1. The van der Waals surface area contributed by atoms with E-state index in [0.717, 1.165) is 13.6 Å². The number of amides is 2. The van der Waals surface area contributed by atoms with Crippen molar-refractivity contribution in [2.45, 2.75) is 33.4 Å². The van der Waals surface area contributed by atoms with Crippen LogP contribution in [0.15, 0.2) is 53.0 Å². The van der Waals surface area contributed by atoms with Gasteiger partial charge >= 0.3 is 0 Å². The molecule has 0 aromatic heterocycles. The van der Waals surface area contributed by atoms with Crippen LogP contribution in [0, 0.1) is 9.49 Å². The average Bonchev–Trinajstić information content (AvgIpc) is 2.69. The van der Waals surface area contributed by atoms with Crippen molar-refractivity contribution >= 4 is 50.3 Å². The van der Waals surface area contributed by atoms with E-state index < -0.39 is 6.04 Å². The second-order valence-electron chi connectivity index (χ2n) is 7.21. The Morgan fingerprint density at radius 2 is 1.83 bits per heavy atom. The van der Waals surface area contributed by atoms with Gasteiger partial charge in [-0.1, -0.05) is 41.9 Å². The molecule has 2 amide bonds. The molecule has 156 valence electrons. The van der Waals surface area contributed by atoms with Gasteiger partial charge in [0.1, 0.15) is 11.8 Å². The highest BCUT2D eigenvalue weighted by atomic mass is 127. The Morgan fingerprint density at radius 3 is 2.45 bits per heavy atom. The number of rotatable bonds is 9. The molecular weight excluding hydrogens is 547 g/mol. The Kier molecular flexibility index (Phi) is 9.42. The van der Waals surface area contributed by atoms with Gasteiger partial charge in [0, 0.05) is 21.1 Å². The van der Waals surface area contributed by atoms with Crippen LogP contribution in [0.1, 0.15) is 26.3 Å². The molecule has 7 heteroatoms. The van der Waals surface area contributed by atoms with Crippen LogP contribution in [0.25, 0.3) is 0 Å². The van der Waals surface area contributed by atoms with Gasteiger partial charge in [-0.2, -0.15) is 0 Å². The van der Waals surface area contributed by atoms with Crippen molar-refractivity contribution in [1.82, 2.24) is 10.2 Å². The fourth-order valence-electron chi connectivity index (χ4n) is 2.63. The summed E-state index contributed by atoms with van der Waals surface area (Å²) in [5.41, 5.74) is 0.936. The Balaban J connectivity index is 2.12. The van der Waals surface area contributed by atoms with Crippen molar-refractivity contribution < 1.29 is 14.3 Å². The molecule has 1 N–H and O–H groups in total. The molecule has 0 spiro atoms. The molecule has 2 aromatic carbocycles. The summed E-state index contributed by atoms with van der Waals surface area (Å²) in [6.07, 6.45) is 0. The van der Waals surface area contributed by atoms with Crippen LogP contribution in [0.5, 0.6) is 5.75 Å². The van der Waals surface area contributed by atoms with Gasteiger partial charge in [0.2, 0.25) is 5.91 Å². The Bertz CT molecular complexity index is 827. The van der Waals surface area contributed by atoms with E-state index in [1.807, 2.05) is 62.4 Å². The summed E-state index contributed by atoms with van der Waals surface area (Å²) in [5.74, 6) is 0.551. The van der Waals surface area contributed by atoms with E-state index in [2.05, 4.69) is 43.8 Å². The third-order valence-electron chi connectivity index (χ3n) is 4.27. The smallest absolute Gasteiger partial charge is 0.261 e. The molecular formula is C22H26BrIN2O3. The number of hydrogen-bond acceptors (Lipinski definition) is 3. The maximum Gasteiger partial charge on any atom is 0.261 e. The molecule has 0 fully saturated rings. The maximum atomic E-state index is 13.0. The van der Waals surface area contributed by atoms with E-state index in [1.165, 1.54) is 0 Å². The van der Waals surface area contributed by atoms with Crippen molar-refractivity contribution in [3.8, 4) is 5.75 Å². The molecule has 0 aliphatic rings. The zero-order valence-electron chi connectivity index (χ0n) is 16.8. The lowest BCUT2D eigenvalue weighted by Crippen LogP contribution is -2.49. The Labute approximate surface area is 194 Å². The molecule has 2 aromatic rings. The molecule has 1 unspecified atom stereocenters. The van der Waals surface area contributed by atoms with Crippen molar-refractivity contribution in [2.24, 2.45) is 5.92 Å². The van der Waals surface area contributed by atoms with Gasteiger partial charge in [-0.3, -0.25) is 9.59 Å². The van der Waals surface area contributed by atoms with Gasteiger partial charge in [-0.15, -0.1) is 0 Å². The van der Waals surface area contributed by atoms with E-state index in [0.29, 0.717) is 24.8 Å². The number of benzene rings is 2. The summed E-state index contributed by atoms with van der Waals surface area (Å²) >= 11 is 5.67. The highest BCUT2D eigenvalue weighted by molar-refractivity contribution is 14.1. The van der Waals surface area contributed by atoms with Crippen LogP contribution in [-0.4, -0.2) is 35.9 Å². The van der Waals surface area contributed by atoms with Crippen LogP contribution in [-0.2, 0) is 16.1 Å². The van der Waals surface area contributed by atoms with Gasteiger partial charge in [-0.05, 0) is 77.4 Å². The molecule has 1 atom stereocenters. The third kappa shape index (κ3) is 7.97. The number of ether oxygens (including phenoxy) is 1. The van der Waals surface area contributed by atoms with Crippen LogP contribution >= 0.6 is 38.5 Å². The lowest BCUT2D eigenvalue weighted by Gasteiger charge is -2.29. The molecule has 0 radical (unpaired) electrons. The summed E-state index contributed by atoms with van der Waals surface area (Å²) in [5, 5.41) is 2.91. The first-order valence-corrected chi connectivity index (χ1v) is 11.3. The molecule has 0 aliphatic carbocycles. The van der Waals surface area contributed by atoms with Gasteiger partial charge in [0.15, 0.2) is 6.61 Å². The molecule has 0 saturated heterocycles. The summed E-state index contributed by atoms with van der Waals surface area (Å²) < 4.78 is 7.67. The molecule has 0 bridgehead atoms. The van der Waals surface area contributed by atoms with Crippen molar-refractivity contribution in [1.29, 1.82) is 0 Å². The van der Waals surface area contributed by atoms with Gasteiger partial charge < -0.3 is 15.0 Å². The summed E-state index contributed by atoms with van der Waals surface area (Å²) in [6.45, 7) is 6.58. The first kappa shape index (κ1) is 23.7. The number of carbonyl (C=O) groups excluding carboxylic acids is 2. The minimum Gasteiger partial charge on any atom is -0.484 e. The van der Waals surface area contributed by atoms with Gasteiger partial charge in [0.05, 0.1) is 0 Å². The zero-order chi connectivity index (χ0) is 21.4.